The van der Waals surface area contributed by atoms with E-state index >= 15 is 0 Å². The molecular weight excluding hydrogens is 396 g/mol. The van der Waals surface area contributed by atoms with E-state index in [1.54, 1.807) is 9.80 Å². The maximum absolute atomic E-state index is 13.4. The van der Waals surface area contributed by atoms with Crippen molar-refractivity contribution in [2.45, 2.75) is 83.6 Å². The largest absolute Gasteiger partial charge is 0.353 e. The number of fused-ring (bicyclic) bond motifs is 3. The minimum Gasteiger partial charge on any atom is -0.353 e. The Hall–Kier alpha value is -2.34. The maximum atomic E-state index is 13.4. The Morgan fingerprint density at radius 1 is 1.23 bits per heavy atom. The summed E-state index contributed by atoms with van der Waals surface area (Å²) in [5.41, 5.74) is 3.08. The van der Waals surface area contributed by atoms with Crippen molar-refractivity contribution in [3.8, 4) is 6.07 Å². The molecule has 4 aliphatic rings. The minimum atomic E-state index is -0.579. The number of nitriles is 1. The highest BCUT2D eigenvalue weighted by Crippen LogP contribution is 2.40. The van der Waals surface area contributed by atoms with E-state index < -0.39 is 6.29 Å². The van der Waals surface area contributed by atoms with Gasteiger partial charge in [-0.05, 0) is 44.4 Å². The number of hydrogen-bond acceptors (Lipinski definition) is 5. The van der Waals surface area contributed by atoms with Crippen LogP contribution >= 0.6 is 0 Å². The lowest BCUT2D eigenvalue weighted by Crippen LogP contribution is -2.67. The molecule has 0 aromatic rings. The van der Waals surface area contributed by atoms with E-state index in [0.717, 1.165) is 32.1 Å². The van der Waals surface area contributed by atoms with Crippen molar-refractivity contribution in [3.63, 3.8) is 0 Å². The van der Waals surface area contributed by atoms with Gasteiger partial charge < -0.3 is 10.2 Å². The predicted octanol–water partition coefficient (Wildman–Crippen LogP) is 1.77. The maximum Gasteiger partial charge on any atom is 0.338 e. The molecule has 0 spiro atoms. The number of rotatable bonds is 6. The third kappa shape index (κ3) is 4.22. The minimum absolute atomic E-state index is 0.0562. The highest BCUT2D eigenvalue weighted by Gasteiger charge is 2.55. The fraction of sp³-hybridized carbons (Fsp3) is 0.818. The van der Waals surface area contributed by atoms with Gasteiger partial charge in [0.1, 0.15) is 6.54 Å². The molecule has 2 saturated carbocycles. The standard InChI is InChI=1S/C22H34N6O3/c1-14(2)9-11-26-20(30)17-8-7-15(19(29)24-16-5-3-4-6-16)13-18(17)28-21(26)25-27(12-10-23)22(28)31/h14-18,21,25H,3-9,11-13H2,1-2H3,(H,24,29). The fourth-order valence-corrected chi connectivity index (χ4v) is 5.56. The third-order valence-electron chi connectivity index (χ3n) is 7.30. The van der Waals surface area contributed by atoms with E-state index in [1.165, 1.54) is 5.01 Å². The zero-order valence-corrected chi connectivity index (χ0v) is 18.5. The fourth-order valence-electron chi connectivity index (χ4n) is 5.56. The van der Waals surface area contributed by atoms with Crippen LogP contribution in [0, 0.1) is 29.1 Å². The topological polar surface area (TPSA) is 109 Å². The summed E-state index contributed by atoms with van der Waals surface area (Å²) in [6, 6.07) is 1.68. The molecule has 2 heterocycles. The van der Waals surface area contributed by atoms with E-state index in [-0.39, 0.29) is 48.3 Å². The van der Waals surface area contributed by atoms with Crippen LogP contribution in [0.3, 0.4) is 0 Å². The number of hydrazine groups is 1. The molecule has 2 aliphatic heterocycles. The summed E-state index contributed by atoms with van der Waals surface area (Å²) in [6.07, 6.45) is 6.43. The molecule has 9 heteroatoms. The van der Waals surface area contributed by atoms with Gasteiger partial charge in [0.2, 0.25) is 11.8 Å². The van der Waals surface area contributed by atoms with Gasteiger partial charge in [-0.3, -0.25) is 14.5 Å². The van der Waals surface area contributed by atoms with Crippen LogP contribution in [0.25, 0.3) is 0 Å². The highest BCUT2D eigenvalue weighted by molar-refractivity contribution is 5.87. The lowest BCUT2D eigenvalue weighted by Gasteiger charge is -2.50. The molecule has 9 nitrogen and oxygen atoms in total. The monoisotopic (exact) mass is 430 g/mol. The molecule has 170 valence electrons. The van der Waals surface area contributed by atoms with Gasteiger partial charge in [0, 0.05) is 24.5 Å². The second-order valence-corrected chi connectivity index (χ2v) is 9.82. The lowest BCUT2D eigenvalue weighted by molar-refractivity contribution is -0.159. The molecule has 0 radical (unpaired) electrons. The van der Waals surface area contributed by atoms with Crippen LogP contribution in [0.15, 0.2) is 0 Å². The van der Waals surface area contributed by atoms with Crippen LogP contribution in [0.4, 0.5) is 4.79 Å². The average molecular weight is 431 g/mol. The lowest BCUT2D eigenvalue weighted by atomic mass is 9.75. The Morgan fingerprint density at radius 3 is 2.65 bits per heavy atom. The quantitative estimate of drug-likeness (QED) is 0.624. The van der Waals surface area contributed by atoms with Crippen molar-refractivity contribution >= 4 is 17.8 Å². The number of carbonyl (C=O) groups is 3. The first-order chi connectivity index (χ1) is 14.9. The molecule has 2 N–H and O–H groups in total. The smallest absolute Gasteiger partial charge is 0.338 e. The van der Waals surface area contributed by atoms with Gasteiger partial charge in [-0.1, -0.05) is 26.7 Å². The predicted molar refractivity (Wildman–Crippen MR) is 113 cm³/mol. The Bertz CT molecular complexity index is 759. The zero-order chi connectivity index (χ0) is 22.1. The number of carbonyl (C=O) groups excluding carboxylic acids is 3. The van der Waals surface area contributed by atoms with Gasteiger partial charge >= 0.3 is 6.03 Å². The van der Waals surface area contributed by atoms with Crippen LogP contribution in [0.5, 0.6) is 0 Å². The zero-order valence-electron chi connectivity index (χ0n) is 18.5. The molecule has 2 aliphatic carbocycles. The summed E-state index contributed by atoms with van der Waals surface area (Å²) >= 11 is 0. The van der Waals surface area contributed by atoms with Gasteiger partial charge in [-0.15, -0.1) is 0 Å². The molecular formula is C22H34N6O3. The van der Waals surface area contributed by atoms with Crippen molar-refractivity contribution < 1.29 is 14.4 Å². The van der Waals surface area contributed by atoms with Gasteiger partial charge in [-0.2, -0.15) is 10.7 Å². The third-order valence-corrected chi connectivity index (χ3v) is 7.30. The highest BCUT2D eigenvalue weighted by atomic mass is 16.2. The van der Waals surface area contributed by atoms with Crippen LogP contribution < -0.4 is 10.7 Å². The van der Waals surface area contributed by atoms with Crippen LogP contribution in [-0.4, -0.2) is 64.1 Å². The molecule has 31 heavy (non-hydrogen) atoms. The Balaban J connectivity index is 1.53. The van der Waals surface area contributed by atoms with Crippen molar-refractivity contribution in [2.24, 2.45) is 17.8 Å². The summed E-state index contributed by atoms with van der Waals surface area (Å²) < 4.78 is 0. The van der Waals surface area contributed by atoms with Crippen molar-refractivity contribution in [3.05, 3.63) is 0 Å². The van der Waals surface area contributed by atoms with Crippen molar-refractivity contribution in [2.75, 3.05) is 13.1 Å². The van der Waals surface area contributed by atoms with E-state index in [4.69, 9.17) is 5.26 Å². The Labute approximate surface area is 184 Å². The van der Waals surface area contributed by atoms with E-state index in [2.05, 4.69) is 24.6 Å². The molecule has 2 saturated heterocycles. The molecule has 4 rings (SSSR count). The first-order valence-corrected chi connectivity index (χ1v) is 11.7. The summed E-state index contributed by atoms with van der Waals surface area (Å²) in [5.74, 6) is 0.0779. The molecule has 4 atom stereocenters. The number of nitrogens with zero attached hydrogens (tertiary/aromatic N) is 4. The Morgan fingerprint density at radius 2 is 1.97 bits per heavy atom. The normalized spacial score (nSPS) is 31.1. The number of amides is 4. The number of nitrogens with one attached hydrogen (secondary N) is 2. The molecule has 4 fully saturated rings. The summed E-state index contributed by atoms with van der Waals surface area (Å²) in [6.45, 7) is 4.70. The SMILES string of the molecule is CC(C)CCN1C(=O)C2CCC(C(=O)NC3CCCC3)CC2N2C(=O)N(CC#N)NC12. The summed E-state index contributed by atoms with van der Waals surface area (Å²) in [7, 11) is 0. The number of hydrogen-bond donors (Lipinski definition) is 2. The molecule has 0 aromatic carbocycles. The molecule has 0 aromatic heterocycles. The van der Waals surface area contributed by atoms with E-state index in [0.29, 0.717) is 31.7 Å². The molecule has 4 unspecified atom stereocenters. The molecule has 0 bridgehead atoms. The summed E-state index contributed by atoms with van der Waals surface area (Å²) in [4.78, 5) is 42.9. The first-order valence-electron chi connectivity index (χ1n) is 11.7. The van der Waals surface area contributed by atoms with E-state index in [9.17, 15) is 14.4 Å². The molecule has 4 amide bonds. The second kappa shape index (κ2) is 9.03. The van der Waals surface area contributed by atoms with Crippen LogP contribution in [-0.2, 0) is 9.59 Å². The first kappa shape index (κ1) is 21.9. The summed E-state index contributed by atoms with van der Waals surface area (Å²) in [5, 5.41) is 13.6. The van der Waals surface area contributed by atoms with Gasteiger partial charge in [0.05, 0.1) is 12.0 Å². The van der Waals surface area contributed by atoms with Gasteiger partial charge in [0.15, 0.2) is 6.29 Å². The second-order valence-electron chi connectivity index (χ2n) is 9.82. The van der Waals surface area contributed by atoms with Crippen molar-refractivity contribution in [1.29, 1.82) is 5.26 Å². The van der Waals surface area contributed by atoms with Crippen molar-refractivity contribution in [1.82, 2.24) is 25.6 Å². The van der Waals surface area contributed by atoms with Gasteiger partial charge in [-0.25, -0.2) is 9.80 Å². The Kier molecular flexibility index (Phi) is 6.37. The van der Waals surface area contributed by atoms with Crippen LogP contribution in [0.2, 0.25) is 0 Å². The van der Waals surface area contributed by atoms with E-state index in [1.807, 2.05) is 6.07 Å². The van der Waals surface area contributed by atoms with Crippen LogP contribution in [0.1, 0.15) is 65.2 Å². The average Bonchev–Trinajstić information content (AvgIpc) is 3.36. The van der Waals surface area contributed by atoms with Gasteiger partial charge in [0.25, 0.3) is 0 Å². The number of urea groups is 1.